The van der Waals surface area contributed by atoms with E-state index >= 15 is 0 Å². The molecule has 0 aliphatic rings. The lowest BCUT2D eigenvalue weighted by Crippen LogP contribution is -2.33. The number of nitrogens with one attached hydrogen (secondary N) is 1. The van der Waals surface area contributed by atoms with Crippen molar-refractivity contribution in [3.8, 4) is 5.69 Å². The van der Waals surface area contributed by atoms with Crippen LogP contribution in [0.25, 0.3) is 5.69 Å². The highest BCUT2D eigenvalue weighted by Gasteiger charge is 2.43. The zero-order valence-corrected chi connectivity index (χ0v) is 19.1. The fraction of sp³-hybridized carbons (Fsp3) is 0.211. The highest BCUT2D eigenvalue weighted by Crippen LogP contribution is 2.34. The summed E-state index contributed by atoms with van der Waals surface area (Å²) in [6, 6.07) is 6.76. The number of amides is 1. The van der Waals surface area contributed by atoms with Gasteiger partial charge in [-0.25, -0.2) is 17.8 Å². The number of benzene rings is 2. The van der Waals surface area contributed by atoms with E-state index in [4.69, 9.17) is 23.2 Å². The number of aromatic nitrogens is 3. The average Bonchev–Trinajstić information content (AvgIpc) is 3.09. The Labute approximate surface area is 191 Å². The highest BCUT2D eigenvalue weighted by atomic mass is 35.5. The van der Waals surface area contributed by atoms with E-state index < -0.39 is 33.5 Å². The molecule has 0 fully saturated rings. The van der Waals surface area contributed by atoms with Crippen LogP contribution in [0.3, 0.4) is 0 Å². The molecule has 0 atom stereocenters. The Morgan fingerprint density at radius 1 is 1.03 bits per heavy atom. The SMILES string of the molecule is Cc1ccc(-n2nnc(C(=O)NS(=O)(=O)c3cc(C)c(Cl)cc3C)c2C(F)(F)F)c(Cl)c1. The molecule has 13 heteroatoms. The van der Waals surface area contributed by atoms with Gasteiger partial charge < -0.3 is 0 Å². The molecule has 0 saturated carbocycles. The summed E-state index contributed by atoms with van der Waals surface area (Å²) in [5.41, 5.74) is -1.68. The molecule has 0 bridgehead atoms. The van der Waals surface area contributed by atoms with Crippen LogP contribution in [-0.4, -0.2) is 29.3 Å². The fourth-order valence-corrected chi connectivity index (χ4v) is 4.71. The van der Waals surface area contributed by atoms with Gasteiger partial charge in [-0.3, -0.25) is 4.79 Å². The summed E-state index contributed by atoms with van der Waals surface area (Å²) in [7, 11) is -4.54. The molecule has 0 unspecified atom stereocenters. The molecule has 1 amide bonds. The van der Waals surface area contributed by atoms with Crippen LogP contribution < -0.4 is 4.72 Å². The normalized spacial score (nSPS) is 12.1. The zero-order valence-electron chi connectivity index (χ0n) is 16.8. The second kappa shape index (κ2) is 8.38. The van der Waals surface area contributed by atoms with Gasteiger partial charge in [0, 0.05) is 5.02 Å². The molecule has 1 N–H and O–H groups in total. The maximum absolute atomic E-state index is 13.8. The molecular formula is C19H15Cl2F3N4O3S. The van der Waals surface area contributed by atoms with Gasteiger partial charge in [0.2, 0.25) is 0 Å². The van der Waals surface area contributed by atoms with Crippen molar-refractivity contribution in [3.05, 3.63) is 68.5 Å². The molecule has 32 heavy (non-hydrogen) atoms. The first-order chi connectivity index (χ1) is 14.7. The van der Waals surface area contributed by atoms with E-state index in [9.17, 15) is 26.4 Å². The molecule has 3 aromatic rings. The third-order valence-electron chi connectivity index (χ3n) is 4.46. The number of hydrogen-bond donors (Lipinski definition) is 1. The number of alkyl halides is 3. The number of halogens is 5. The molecule has 0 aliphatic heterocycles. The van der Waals surface area contributed by atoms with E-state index in [1.54, 1.807) is 18.6 Å². The smallest absolute Gasteiger partial charge is 0.266 e. The third-order valence-corrected chi connectivity index (χ3v) is 6.64. The Morgan fingerprint density at radius 3 is 2.28 bits per heavy atom. The number of carbonyl (C=O) groups is 1. The summed E-state index contributed by atoms with van der Waals surface area (Å²) >= 11 is 12.0. The van der Waals surface area contributed by atoms with Gasteiger partial charge in [-0.05, 0) is 61.7 Å². The molecule has 170 valence electrons. The molecule has 0 spiro atoms. The van der Waals surface area contributed by atoms with E-state index in [1.807, 2.05) is 0 Å². The minimum atomic E-state index is -5.10. The van der Waals surface area contributed by atoms with Crippen molar-refractivity contribution in [1.29, 1.82) is 0 Å². The van der Waals surface area contributed by atoms with Crippen LogP contribution in [0.15, 0.2) is 35.2 Å². The first-order valence-corrected chi connectivity index (χ1v) is 11.1. The van der Waals surface area contributed by atoms with Crippen LogP contribution in [0.1, 0.15) is 32.9 Å². The van der Waals surface area contributed by atoms with E-state index in [2.05, 4.69) is 10.3 Å². The summed E-state index contributed by atoms with van der Waals surface area (Å²) in [4.78, 5) is 12.3. The topological polar surface area (TPSA) is 93.9 Å². The number of rotatable bonds is 4. The molecule has 0 aliphatic carbocycles. The Kier molecular flexibility index (Phi) is 6.29. The second-order valence-electron chi connectivity index (χ2n) is 6.95. The number of sulfonamides is 1. The van der Waals surface area contributed by atoms with Gasteiger partial charge in [0.25, 0.3) is 15.9 Å². The highest BCUT2D eigenvalue weighted by molar-refractivity contribution is 7.90. The predicted molar refractivity (Wildman–Crippen MR) is 112 cm³/mol. The first-order valence-electron chi connectivity index (χ1n) is 8.85. The Bertz CT molecular complexity index is 1340. The van der Waals surface area contributed by atoms with Crippen molar-refractivity contribution in [2.45, 2.75) is 31.8 Å². The standard InChI is InChI=1S/C19H15Cl2F3N4O3S/c1-9-4-5-14(13(21)6-9)28-17(19(22,23)24)16(25-27-28)18(29)26-32(30,31)15-8-10(2)12(20)7-11(15)3/h4-8H,1-3H3,(H,26,29). The molecular weight excluding hydrogens is 492 g/mol. The predicted octanol–water partition coefficient (Wildman–Crippen LogP) is 4.64. The third kappa shape index (κ3) is 4.59. The molecule has 0 saturated heterocycles. The Morgan fingerprint density at radius 2 is 1.69 bits per heavy atom. The molecule has 7 nitrogen and oxygen atoms in total. The van der Waals surface area contributed by atoms with E-state index in [-0.39, 0.29) is 21.2 Å². The van der Waals surface area contributed by atoms with Crippen LogP contribution >= 0.6 is 23.2 Å². The number of hydrogen-bond acceptors (Lipinski definition) is 5. The van der Waals surface area contributed by atoms with Crippen molar-refractivity contribution >= 4 is 39.1 Å². The summed E-state index contributed by atoms with van der Waals surface area (Å²) in [5, 5.41) is 6.92. The van der Waals surface area contributed by atoms with E-state index in [0.717, 1.165) is 0 Å². The maximum Gasteiger partial charge on any atom is 0.435 e. The quantitative estimate of drug-likeness (QED) is 0.556. The van der Waals surface area contributed by atoms with Gasteiger partial charge >= 0.3 is 6.18 Å². The lowest BCUT2D eigenvalue weighted by Gasteiger charge is -2.13. The molecule has 0 radical (unpaired) electrons. The van der Waals surface area contributed by atoms with Gasteiger partial charge in [-0.15, -0.1) is 5.10 Å². The van der Waals surface area contributed by atoms with Crippen molar-refractivity contribution in [3.63, 3.8) is 0 Å². The monoisotopic (exact) mass is 506 g/mol. The number of carbonyl (C=O) groups excluding carboxylic acids is 1. The fourth-order valence-electron chi connectivity index (χ4n) is 2.91. The van der Waals surface area contributed by atoms with Crippen LogP contribution in [0.2, 0.25) is 10.0 Å². The first kappa shape index (κ1) is 24.0. The van der Waals surface area contributed by atoms with E-state index in [1.165, 1.54) is 37.3 Å². The van der Waals surface area contributed by atoms with Crippen LogP contribution in [0.5, 0.6) is 0 Å². The molecule has 1 heterocycles. The van der Waals surface area contributed by atoms with Crippen LogP contribution in [0, 0.1) is 20.8 Å². The lowest BCUT2D eigenvalue weighted by atomic mass is 10.2. The zero-order chi connectivity index (χ0) is 24.0. The maximum atomic E-state index is 13.8. The molecule has 3 rings (SSSR count). The Balaban J connectivity index is 2.08. The largest absolute Gasteiger partial charge is 0.435 e. The van der Waals surface area contributed by atoms with Gasteiger partial charge in [0.05, 0.1) is 15.6 Å². The van der Waals surface area contributed by atoms with Gasteiger partial charge in [0.15, 0.2) is 11.4 Å². The van der Waals surface area contributed by atoms with E-state index in [0.29, 0.717) is 20.8 Å². The van der Waals surface area contributed by atoms with Gasteiger partial charge in [0.1, 0.15) is 0 Å². The Hall–Kier alpha value is -2.63. The minimum Gasteiger partial charge on any atom is -0.266 e. The van der Waals surface area contributed by atoms with Crippen molar-refractivity contribution in [2.75, 3.05) is 0 Å². The van der Waals surface area contributed by atoms with Gasteiger partial charge in [-0.2, -0.15) is 13.2 Å². The molecule has 1 aromatic heterocycles. The second-order valence-corrected chi connectivity index (χ2v) is 9.42. The lowest BCUT2D eigenvalue weighted by molar-refractivity contribution is -0.143. The summed E-state index contributed by atoms with van der Waals surface area (Å²) in [6.45, 7) is 4.66. The van der Waals surface area contributed by atoms with Crippen LogP contribution in [-0.2, 0) is 16.2 Å². The summed E-state index contributed by atoms with van der Waals surface area (Å²) in [6.07, 6.45) is -5.10. The van der Waals surface area contributed by atoms with Crippen LogP contribution in [0.4, 0.5) is 13.2 Å². The number of nitrogens with zero attached hydrogens (tertiary/aromatic N) is 3. The van der Waals surface area contributed by atoms with Crippen molar-refractivity contribution in [1.82, 2.24) is 19.7 Å². The van der Waals surface area contributed by atoms with Crippen molar-refractivity contribution in [2.24, 2.45) is 0 Å². The minimum absolute atomic E-state index is 0.0627. The number of aryl methyl sites for hydroxylation is 3. The summed E-state index contributed by atoms with van der Waals surface area (Å²) in [5.74, 6) is -1.60. The average molecular weight is 507 g/mol. The van der Waals surface area contributed by atoms with Gasteiger partial charge in [-0.1, -0.05) is 34.5 Å². The molecule has 2 aromatic carbocycles. The summed E-state index contributed by atoms with van der Waals surface area (Å²) < 4.78 is 68.8. The van der Waals surface area contributed by atoms with Crippen molar-refractivity contribution < 1.29 is 26.4 Å².